The van der Waals surface area contributed by atoms with E-state index in [0.29, 0.717) is 18.4 Å². The first-order chi connectivity index (χ1) is 7.74. The highest BCUT2D eigenvalue weighted by Gasteiger charge is 2.16. The van der Waals surface area contributed by atoms with E-state index in [9.17, 15) is 0 Å². The number of piperidine rings is 1. The predicted molar refractivity (Wildman–Crippen MR) is 63.8 cm³/mol. The second kappa shape index (κ2) is 5.23. The lowest BCUT2D eigenvalue weighted by Gasteiger charge is -2.30. The summed E-state index contributed by atoms with van der Waals surface area (Å²) in [6.07, 6.45) is 4.19. The molecule has 1 fully saturated rings. The number of hydrogen-bond donors (Lipinski definition) is 2. The Morgan fingerprint density at radius 2 is 2.50 bits per heavy atom. The molecule has 2 rings (SSSR count). The molecule has 0 bridgehead atoms. The maximum atomic E-state index is 5.60. The van der Waals surface area contributed by atoms with E-state index < -0.39 is 0 Å². The summed E-state index contributed by atoms with van der Waals surface area (Å²) < 4.78 is 0. The maximum Gasteiger partial charge on any atom is 0.144 e. The van der Waals surface area contributed by atoms with Crippen LogP contribution in [-0.2, 0) is 6.54 Å². The summed E-state index contributed by atoms with van der Waals surface area (Å²) in [5, 5.41) is 3.47. The van der Waals surface area contributed by atoms with E-state index in [0.717, 1.165) is 12.4 Å². The number of anilines is 1. The van der Waals surface area contributed by atoms with Crippen molar-refractivity contribution in [1.29, 1.82) is 0 Å². The van der Waals surface area contributed by atoms with Gasteiger partial charge in [0.05, 0.1) is 6.54 Å². The van der Waals surface area contributed by atoms with E-state index in [-0.39, 0.29) is 0 Å². The van der Waals surface area contributed by atoms with E-state index in [1.807, 2.05) is 0 Å². The van der Waals surface area contributed by atoms with Crippen LogP contribution in [0.2, 0.25) is 0 Å². The van der Waals surface area contributed by atoms with E-state index in [1.165, 1.54) is 19.4 Å². The van der Waals surface area contributed by atoms with Crippen LogP contribution >= 0.6 is 0 Å². The lowest BCUT2D eigenvalue weighted by Crippen LogP contribution is -2.43. The fourth-order valence-electron chi connectivity index (χ4n) is 2.07. The van der Waals surface area contributed by atoms with E-state index >= 15 is 0 Å². The molecule has 5 nitrogen and oxygen atoms in total. The molecule has 1 aromatic rings. The number of likely N-dealkylation sites (N-methyl/N-ethyl adjacent to an activating group) is 1. The first kappa shape index (κ1) is 11.3. The van der Waals surface area contributed by atoms with Crippen LogP contribution in [0.1, 0.15) is 18.7 Å². The third kappa shape index (κ3) is 3.15. The summed E-state index contributed by atoms with van der Waals surface area (Å²) in [5.41, 5.74) is 5.60. The second-order valence-electron chi connectivity index (χ2n) is 4.38. The number of nitrogen functional groups attached to an aromatic ring is 1. The van der Waals surface area contributed by atoms with Gasteiger partial charge in [-0.3, -0.25) is 0 Å². The first-order valence-corrected chi connectivity index (χ1v) is 5.73. The number of hydrogen-bond acceptors (Lipinski definition) is 5. The van der Waals surface area contributed by atoms with Gasteiger partial charge in [0.15, 0.2) is 0 Å². The Morgan fingerprint density at radius 3 is 3.25 bits per heavy atom. The van der Waals surface area contributed by atoms with Crippen LogP contribution in [0.5, 0.6) is 0 Å². The molecule has 0 amide bonds. The second-order valence-corrected chi connectivity index (χ2v) is 4.38. The molecule has 1 aliphatic heterocycles. The van der Waals surface area contributed by atoms with Crippen LogP contribution in [0.3, 0.4) is 0 Å². The largest absolute Gasteiger partial charge is 0.384 e. The van der Waals surface area contributed by atoms with Gasteiger partial charge >= 0.3 is 0 Å². The zero-order chi connectivity index (χ0) is 11.4. The first-order valence-electron chi connectivity index (χ1n) is 5.73. The molecule has 2 heterocycles. The van der Waals surface area contributed by atoms with Gasteiger partial charge in [-0.2, -0.15) is 0 Å². The standard InChI is InChI=1S/C11H19N5/c1-16-6-2-3-9(8-16)14-7-11-13-5-4-10(12)15-11/h4-5,9,14H,2-3,6-8H2,1H3,(H2,12,13,15). The number of nitrogens with zero attached hydrogens (tertiary/aromatic N) is 3. The molecule has 0 radical (unpaired) electrons. The molecule has 1 aromatic heterocycles. The summed E-state index contributed by atoms with van der Waals surface area (Å²) in [7, 11) is 2.16. The molecule has 1 aliphatic rings. The molecular formula is C11H19N5. The Balaban J connectivity index is 1.82. The number of likely N-dealkylation sites (tertiary alicyclic amines) is 1. The summed E-state index contributed by atoms with van der Waals surface area (Å²) in [6.45, 7) is 3.00. The van der Waals surface area contributed by atoms with Gasteiger partial charge in [0.25, 0.3) is 0 Å². The highest BCUT2D eigenvalue weighted by atomic mass is 15.1. The normalized spacial score (nSPS) is 22.2. The smallest absolute Gasteiger partial charge is 0.144 e. The SMILES string of the molecule is CN1CCCC(NCc2nccc(N)n2)C1. The van der Waals surface area contributed by atoms with Crippen molar-refractivity contribution in [2.45, 2.75) is 25.4 Å². The molecule has 88 valence electrons. The van der Waals surface area contributed by atoms with Crippen molar-refractivity contribution >= 4 is 5.82 Å². The molecule has 5 heteroatoms. The predicted octanol–water partition coefficient (Wildman–Crippen LogP) is 0.243. The highest BCUT2D eigenvalue weighted by molar-refractivity contribution is 5.24. The lowest BCUT2D eigenvalue weighted by atomic mass is 10.1. The van der Waals surface area contributed by atoms with Crippen LogP contribution in [0, 0.1) is 0 Å². The minimum atomic E-state index is 0.535. The van der Waals surface area contributed by atoms with E-state index in [4.69, 9.17) is 5.73 Å². The van der Waals surface area contributed by atoms with E-state index in [1.54, 1.807) is 12.3 Å². The topological polar surface area (TPSA) is 67.1 Å². The van der Waals surface area contributed by atoms with Crippen molar-refractivity contribution in [1.82, 2.24) is 20.2 Å². The van der Waals surface area contributed by atoms with Gasteiger partial charge in [-0.25, -0.2) is 9.97 Å². The highest BCUT2D eigenvalue weighted by Crippen LogP contribution is 2.08. The Kier molecular flexibility index (Phi) is 3.69. The van der Waals surface area contributed by atoms with Crippen molar-refractivity contribution < 1.29 is 0 Å². The zero-order valence-corrected chi connectivity index (χ0v) is 9.69. The number of nitrogens with two attached hydrogens (primary N) is 1. The van der Waals surface area contributed by atoms with Crippen molar-refractivity contribution in [3.05, 3.63) is 18.1 Å². The molecular weight excluding hydrogens is 202 g/mol. The molecule has 1 saturated heterocycles. The lowest BCUT2D eigenvalue weighted by molar-refractivity contribution is 0.226. The average Bonchev–Trinajstić information content (AvgIpc) is 2.27. The monoisotopic (exact) mass is 221 g/mol. The maximum absolute atomic E-state index is 5.60. The third-order valence-electron chi connectivity index (χ3n) is 2.90. The van der Waals surface area contributed by atoms with Crippen molar-refractivity contribution in [2.24, 2.45) is 0 Å². The van der Waals surface area contributed by atoms with Gasteiger partial charge in [0.2, 0.25) is 0 Å². The Labute approximate surface area is 96.1 Å². The van der Waals surface area contributed by atoms with Crippen LogP contribution in [-0.4, -0.2) is 41.0 Å². The molecule has 0 saturated carbocycles. The van der Waals surface area contributed by atoms with Crippen molar-refractivity contribution in [3.63, 3.8) is 0 Å². The van der Waals surface area contributed by atoms with Gasteiger partial charge < -0.3 is 16.0 Å². The molecule has 3 N–H and O–H groups in total. The number of aromatic nitrogens is 2. The Morgan fingerprint density at radius 1 is 1.62 bits per heavy atom. The quantitative estimate of drug-likeness (QED) is 0.765. The van der Waals surface area contributed by atoms with Gasteiger partial charge in [0.1, 0.15) is 11.6 Å². The van der Waals surface area contributed by atoms with Crippen LogP contribution in [0.4, 0.5) is 5.82 Å². The van der Waals surface area contributed by atoms with Crippen LogP contribution in [0.25, 0.3) is 0 Å². The van der Waals surface area contributed by atoms with Crippen LogP contribution < -0.4 is 11.1 Å². The minimum Gasteiger partial charge on any atom is -0.384 e. The van der Waals surface area contributed by atoms with Gasteiger partial charge in [0, 0.05) is 18.8 Å². The van der Waals surface area contributed by atoms with Crippen molar-refractivity contribution in [3.8, 4) is 0 Å². The third-order valence-corrected chi connectivity index (χ3v) is 2.90. The fourth-order valence-corrected chi connectivity index (χ4v) is 2.07. The molecule has 0 spiro atoms. The summed E-state index contributed by atoms with van der Waals surface area (Å²) in [4.78, 5) is 10.7. The zero-order valence-electron chi connectivity index (χ0n) is 9.69. The molecule has 1 atom stereocenters. The Bertz CT molecular complexity index is 341. The molecule has 0 aromatic carbocycles. The molecule has 1 unspecified atom stereocenters. The van der Waals surface area contributed by atoms with Gasteiger partial charge in [-0.15, -0.1) is 0 Å². The number of rotatable bonds is 3. The summed E-state index contributed by atoms with van der Waals surface area (Å²) >= 11 is 0. The average molecular weight is 221 g/mol. The number of nitrogens with one attached hydrogen (secondary N) is 1. The van der Waals surface area contributed by atoms with Crippen molar-refractivity contribution in [2.75, 3.05) is 25.9 Å². The molecule has 16 heavy (non-hydrogen) atoms. The van der Waals surface area contributed by atoms with Gasteiger partial charge in [-0.05, 0) is 32.5 Å². The van der Waals surface area contributed by atoms with Crippen LogP contribution in [0.15, 0.2) is 12.3 Å². The van der Waals surface area contributed by atoms with E-state index in [2.05, 4.69) is 27.2 Å². The minimum absolute atomic E-state index is 0.535. The summed E-state index contributed by atoms with van der Waals surface area (Å²) in [6, 6.07) is 2.25. The fraction of sp³-hybridized carbons (Fsp3) is 0.636. The Hall–Kier alpha value is -1.20. The van der Waals surface area contributed by atoms with Gasteiger partial charge in [-0.1, -0.05) is 0 Å². The summed E-state index contributed by atoms with van der Waals surface area (Å²) in [5.74, 6) is 1.31. The molecule has 0 aliphatic carbocycles.